The van der Waals surface area contributed by atoms with Crippen molar-refractivity contribution in [3.8, 4) is 22.4 Å². The van der Waals surface area contributed by atoms with Crippen LogP contribution < -0.4 is 5.32 Å². The molecule has 0 bridgehead atoms. The molecule has 2 N–H and O–H groups in total. The van der Waals surface area contributed by atoms with E-state index in [0.717, 1.165) is 34.2 Å². The Balaban J connectivity index is 1.90. The van der Waals surface area contributed by atoms with Crippen LogP contribution in [0, 0.1) is 0 Å². The second-order valence-corrected chi connectivity index (χ2v) is 10.7. The van der Waals surface area contributed by atoms with E-state index in [0.29, 0.717) is 12.2 Å². The quantitative estimate of drug-likeness (QED) is 0.471. The minimum Gasteiger partial charge on any atom is -0.396 e. The van der Waals surface area contributed by atoms with Crippen LogP contribution in [0.2, 0.25) is 0 Å². The highest BCUT2D eigenvalue weighted by Gasteiger charge is 2.39. The summed E-state index contributed by atoms with van der Waals surface area (Å²) in [4.78, 5) is 21.7. The molecule has 1 aliphatic heterocycles. The topological polar surface area (TPSA) is 112 Å². The zero-order valence-electron chi connectivity index (χ0n) is 19.9. The summed E-state index contributed by atoms with van der Waals surface area (Å²) in [6.07, 6.45) is 4.48. The van der Waals surface area contributed by atoms with Crippen molar-refractivity contribution in [2.75, 3.05) is 18.9 Å². The lowest BCUT2D eigenvalue weighted by Gasteiger charge is -2.24. The van der Waals surface area contributed by atoms with Gasteiger partial charge >= 0.3 is 0 Å². The second kappa shape index (κ2) is 10.6. The Hall–Kier alpha value is -3.14. The van der Waals surface area contributed by atoms with Crippen LogP contribution in [0.3, 0.4) is 0 Å². The second-order valence-electron chi connectivity index (χ2n) is 8.48. The third-order valence-electron chi connectivity index (χ3n) is 6.19. The fourth-order valence-corrected chi connectivity index (χ4v) is 5.72. The maximum atomic E-state index is 12.9. The molecular weight excluding hydrogens is 464 g/mol. The van der Waals surface area contributed by atoms with Gasteiger partial charge < -0.3 is 10.4 Å². The van der Waals surface area contributed by atoms with Gasteiger partial charge in [0.2, 0.25) is 10.0 Å². The molecule has 4 rings (SSSR count). The first kappa shape index (κ1) is 25.0. The molecule has 1 aliphatic rings. The lowest BCUT2D eigenvalue weighted by atomic mass is 9.94. The van der Waals surface area contributed by atoms with Gasteiger partial charge in [0, 0.05) is 43.2 Å². The van der Waals surface area contributed by atoms with Gasteiger partial charge in [0.1, 0.15) is 5.69 Å². The number of benzene rings is 1. The van der Waals surface area contributed by atoms with Crippen molar-refractivity contribution in [3.05, 3.63) is 71.7 Å². The number of nitrogens with one attached hydrogen (secondary N) is 1. The number of aromatic nitrogens is 2. The molecule has 0 saturated heterocycles. The Bertz CT molecular complexity index is 1310. The molecule has 35 heavy (non-hydrogen) atoms. The first-order valence-electron chi connectivity index (χ1n) is 11.8. The lowest BCUT2D eigenvalue weighted by molar-refractivity contribution is 0.0948. The van der Waals surface area contributed by atoms with Gasteiger partial charge in [-0.2, -0.15) is 4.31 Å². The highest BCUT2D eigenvalue weighted by atomic mass is 32.2. The number of hydrogen-bond acceptors (Lipinski definition) is 6. The van der Waals surface area contributed by atoms with Crippen LogP contribution in [0.4, 0.5) is 0 Å². The summed E-state index contributed by atoms with van der Waals surface area (Å²) in [6.45, 7) is 4.07. The van der Waals surface area contributed by atoms with E-state index in [1.807, 2.05) is 43.3 Å². The summed E-state index contributed by atoms with van der Waals surface area (Å²) in [5.41, 5.74) is 5.01. The summed E-state index contributed by atoms with van der Waals surface area (Å²) in [6, 6.07) is 12.7. The average Bonchev–Trinajstić information content (AvgIpc) is 3.27. The molecule has 2 aromatic heterocycles. The fraction of sp³-hybridized carbons (Fsp3) is 0.346. The summed E-state index contributed by atoms with van der Waals surface area (Å²) in [5, 5.41) is 12.7. The minimum atomic E-state index is -3.55. The van der Waals surface area contributed by atoms with Crippen molar-refractivity contribution in [3.63, 3.8) is 0 Å². The predicted octanol–water partition coefficient (Wildman–Crippen LogP) is 3.54. The van der Waals surface area contributed by atoms with Crippen LogP contribution in [-0.2, 0) is 16.6 Å². The zero-order chi connectivity index (χ0) is 25.0. The maximum Gasteiger partial charge on any atom is 0.269 e. The molecule has 0 radical (unpaired) electrons. The van der Waals surface area contributed by atoms with Gasteiger partial charge in [0.15, 0.2) is 0 Å². The Morgan fingerprint density at radius 3 is 2.54 bits per heavy atom. The summed E-state index contributed by atoms with van der Waals surface area (Å²) in [7, 11) is -3.55. The van der Waals surface area contributed by atoms with E-state index in [-0.39, 0.29) is 36.9 Å². The van der Waals surface area contributed by atoms with E-state index < -0.39 is 16.1 Å². The van der Waals surface area contributed by atoms with E-state index in [9.17, 15) is 18.3 Å². The van der Waals surface area contributed by atoms with Crippen molar-refractivity contribution in [2.24, 2.45) is 0 Å². The van der Waals surface area contributed by atoms with Gasteiger partial charge in [-0.3, -0.25) is 9.78 Å². The van der Waals surface area contributed by atoms with Gasteiger partial charge in [-0.05, 0) is 60.7 Å². The monoisotopic (exact) mass is 494 g/mol. The number of amides is 1. The Morgan fingerprint density at radius 2 is 1.86 bits per heavy atom. The fourth-order valence-electron chi connectivity index (χ4n) is 4.46. The highest BCUT2D eigenvalue weighted by Crippen LogP contribution is 2.43. The van der Waals surface area contributed by atoms with Crippen molar-refractivity contribution in [2.45, 2.75) is 39.3 Å². The van der Waals surface area contributed by atoms with Crippen LogP contribution in [0.5, 0.6) is 0 Å². The molecule has 0 saturated carbocycles. The molecular formula is C26H30N4O4S. The van der Waals surface area contributed by atoms with Gasteiger partial charge in [0.25, 0.3) is 5.91 Å². The number of rotatable bonds is 9. The largest absolute Gasteiger partial charge is 0.396 e. The first-order valence-corrected chi connectivity index (χ1v) is 13.4. The number of aliphatic hydroxyl groups is 1. The van der Waals surface area contributed by atoms with Crippen molar-refractivity contribution < 1.29 is 18.3 Å². The number of hydrogen-bond donors (Lipinski definition) is 2. The maximum absolute atomic E-state index is 12.9. The molecule has 9 heteroatoms. The number of pyridine rings is 2. The Labute approximate surface area is 206 Å². The Morgan fingerprint density at radius 1 is 1.11 bits per heavy atom. The summed E-state index contributed by atoms with van der Waals surface area (Å²) >= 11 is 0. The normalized spacial score (nSPS) is 15.7. The molecule has 184 valence electrons. The van der Waals surface area contributed by atoms with E-state index in [4.69, 9.17) is 4.98 Å². The number of sulfonamides is 1. The SMILES string of the molecule is CCCNC(=O)c1cc2c(c(-c3cccc(-c4ccncc4)c3)n1)[C@H](CCO)N(S(=O)(=O)CC)C2. The Kier molecular flexibility index (Phi) is 7.59. The smallest absolute Gasteiger partial charge is 0.269 e. The molecule has 1 aromatic carbocycles. The molecule has 0 fully saturated rings. The number of aliphatic hydroxyl groups excluding tert-OH is 1. The third kappa shape index (κ3) is 5.12. The molecule has 0 spiro atoms. The molecule has 3 aromatic rings. The molecule has 0 aliphatic carbocycles. The standard InChI is InChI=1S/C26H30N4O4S/c1-3-11-28-26(32)22-16-21-17-30(35(33,34)4-2)23(10-14-31)24(21)25(29-22)20-7-5-6-19(15-20)18-8-12-27-13-9-18/h5-9,12-13,15-16,23,31H,3-4,10-11,14,17H2,1-2H3,(H,28,32)/t23-/m0/s1. The van der Waals surface area contributed by atoms with Crippen LogP contribution in [-0.4, -0.2) is 52.6 Å². The van der Waals surface area contributed by atoms with E-state index in [1.54, 1.807) is 25.4 Å². The van der Waals surface area contributed by atoms with Gasteiger partial charge in [-0.25, -0.2) is 13.4 Å². The van der Waals surface area contributed by atoms with E-state index in [2.05, 4.69) is 10.3 Å². The van der Waals surface area contributed by atoms with Crippen LogP contribution >= 0.6 is 0 Å². The molecule has 1 amide bonds. The van der Waals surface area contributed by atoms with Crippen LogP contribution in [0.15, 0.2) is 54.9 Å². The number of carbonyl (C=O) groups excluding carboxylic acids is 1. The van der Waals surface area contributed by atoms with E-state index >= 15 is 0 Å². The van der Waals surface area contributed by atoms with Crippen LogP contribution in [0.1, 0.15) is 54.3 Å². The van der Waals surface area contributed by atoms with Crippen molar-refractivity contribution in [1.29, 1.82) is 0 Å². The van der Waals surface area contributed by atoms with E-state index in [1.165, 1.54) is 4.31 Å². The zero-order valence-corrected chi connectivity index (χ0v) is 20.8. The van der Waals surface area contributed by atoms with Crippen LogP contribution in [0.25, 0.3) is 22.4 Å². The van der Waals surface area contributed by atoms with Crippen molar-refractivity contribution >= 4 is 15.9 Å². The molecule has 0 unspecified atom stereocenters. The third-order valence-corrected chi connectivity index (χ3v) is 8.02. The number of fused-ring (bicyclic) bond motifs is 1. The molecule has 1 atom stereocenters. The lowest BCUT2D eigenvalue weighted by Crippen LogP contribution is -2.31. The number of carbonyl (C=O) groups is 1. The minimum absolute atomic E-state index is 0.0486. The predicted molar refractivity (Wildman–Crippen MR) is 135 cm³/mol. The first-order chi connectivity index (χ1) is 16.9. The summed E-state index contributed by atoms with van der Waals surface area (Å²) < 4.78 is 27.3. The molecule has 3 heterocycles. The highest BCUT2D eigenvalue weighted by molar-refractivity contribution is 7.89. The van der Waals surface area contributed by atoms with Crippen molar-refractivity contribution in [1.82, 2.24) is 19.6 Å². The summed E-state index contributed by atoms with van der Waals surface area (Å²) in [5.74, 6) is -0.343. The average molecular weight is 495 g/mol. The molecule has 8 nitrogen and oxygen atoms in total. The number of nitrogens with zero attached hydrogens (tertiary/aromatic N) is 3. The van der Waals surface area contributed by atoms with Gasteiger partial charge in [0.05, 0.1) is 17.5 Å². The van der Waals surface area contributed by atoms with Gasteiger partial charge in [-0.15, -0.1) is 0 Å². The van der Waals surface area contributed by atoms with Gasteiger partial charge in [-0.1, -0.05) is 25.1 Å².